The fraction of sp³-hybridized carbons (Fsp3) is 0.0896. The van der Waals surface area contributed by atoms with Crippen molar-refractivity contribution in [2.24, 2.45) is 0 Å². The number of hydrogen-bond donors (Lipinski definition) is 0. The van der Waals surface area contributed by atoms with Gasteiger partial charge < -0.3 is 9.13 Å². The van der Waals surface area contributed by atoms with Gasteiger partial charge >= 0.3 is 12.4 Å². The number of benzene rings is 10. The van der Waals surface area contributed by atoms with Crippen molar-refractivity contribution in [1.29, 1.82) is 5.26 Å². The summed E-state index contributed by atoms with van der Waals surface area (Å²) in [5.41, 5.74) is 10.1. The van der Waals surface area contributed by atoms with Crippen LogP contribution in [-0.4, -0.2) is 9.13 Å². The average Bonchev–Trinajstić information content (AvgIpc) is 3.95. The first-order valence-corrected chi connectivity index (χ1v) is 24.8. The molecule has 76 heavy (non-hydrogen) atoms. The van der Waals surface area contributed by atoms with Gasteiger partial charge in [0.2, 0.25) is 0 Å². The van der Waals surface area contributed by atoms with E-state index in [0.29, 0.717) is 34.2 Å². The number of halogens is 6. The lowest BCUT2D eigenvalue weighted by Gasteiger charge is -2.22. The third-order valence-electron chi connectivity index (χ3n) is 14.7. The summed E-state index contributed by atoms with van der Waals surface area (Å²) in [7, 11) is 0. The normalized spacial score (nSPS) is 12.1. The summed E-state index contributed by atoms with van der Waals surface area (Å²) >= 11 is 0. The molecule has 0 radical (unpaired) electrons. The van der Waals surface area contributed by atoms with E-state index in [1.165, 1.54) is 12.1 Å². The number of nitriles is 1. The van der Waals surface area contributed by atoms with Gasteiger partial charge in [-0.2, -0.15) is 31.6 Å². The Balaban J connectivity index is 1.22. The highest BCUT2D eigenvalue weighted by Crippen LogP contribution is 2.48. The fourth-order valence-corrected chi connectivity index (χ4v) is 10.8. The van der Waals surface area contributed by atoms with Crippen molar-refractivity contribution in [3.63, 3.8) is 0 Å². The van der Waals surface area contributed by atoms with Crippen molar-refractivity contribution >= 4 is 43.6 Å². The standard InChI is InChI=1S/C67H45F6N3/c1-39-8-16-43(17-9-39)47-24-28-59-52(32-47)53-33-48(44-18-10-40(2)11-19-44)25-29-60(53)75(59)63-36-51(65-57(66(68,69)70)6-5-7-58(65)67(71,72)73)37-64(56(63)38-74)76-61-30-26-49(45-20-12-41(3)13-21-45)34-54(61)55-35-50(27-31-62(55)76)46-22-14-42(4)15-23-46/h5-37H,1-4H3. The Kier molecular flexibility index (Phi) is 11.4. The predicted octanol–water partition coefficient (Wildman–Crippen LogP) is 19.4. The summed E-state index contributed by atoms with van der Waals surface area (Å²) < 4.78 is 96.0. The summed E-state index contributed by atoms with van der Waals surface area (Å²) in [6.45, 7) is 8.05. The van der Waals surface area contributed by atoms with Gasteiger partial charge in [-0.05, 0) is 151 Å². The molecule has 0 N–H and O–H groups in total. The highest BCUT2D eigenvalue weighted by Gasteiger charge is 2.41. The molecule has 9 heteroatoms. The van der Waals surface area contributed by atoms with E-state index in [1.54, 1.807) is 0 Å². The molecule has 0 amide bonds. The lowest BCUT2D eigenvalue weighted by molar-refractivity contribution is -0.142. The Morgan fingerprint density at radius 1 is 0.329 bits per heavy atom. The molecule has 2 aromatic heterocycles. The minimum atomic E-state index is -5.19. The van der Waals surface area contributed by atoms with Gasteiger partial charge in [-0.25, -0.2) is 0 Å². The van der Waals surface area contributed by atoms with Gasteiger partial charge in [0.25, 0.3) is 0 Å². The van der Waals surface area contributed by atoms with Crippen molar-refractivity contribution in [2.75, 3.05) is 0 Å². The molecule has 0 bridgehead atoms. The van der Waals surface area contributed by atoms with E-state index < -0.39 is 29.0 Å². The third kappa shape index (κ3) is 8.27. The molecule has 0 spiro atoms. The molecule has 3 nitrogen and oxygen atoms in total. The van der Waals surface area contributed by atoms with Gasteiger partial charge in [0.05, 0.1) is 44.6 Å². The first kappa shape index (κ1) is 47.8. The Morgan fingerprint density at radius 2 is 0.592 bits per heavy atom. The minimum Gasteiger partial charge on any atom is -0.308 e. The molecular formula is C67H45F6N3. The maximum Gasteiger partial charge on any atom is 0.417 e. The van der Waals surface area contributed by atoms with Crippen LogP contribution in [0.15, 0.2) is 200 Å². The first-order valence-electron chi connectivity index (χ1n) is 24.8. The quantitative estimate of drug-likeness (QED) is 0.147. The molecule has 0 fully saturated rings. The summed E-state index contributed by atoms with van der Waals surface area (Å²) in [6.07, 6.45) is -10.4. The van der Waals surface area contributed by atoms with Crippen molar-refractivity contribution < 1.29 is 26.3 Å². The van der Waals surface area contributed by atoms with Crippen molar-refractivity contribution in [1.82, 2.24) is 9.13 Å². The van der Waals surface area contributed by atoms with E-state index in [0.717, 1.165) is 94.4 Å². The summed E-state index contributed by atoms with van der Waals surface area (Å²) in [4.78, 5) is 0. The van der Waals surface area contributed by atoms with E-state index in [2.05, 4.69) is 30.3 Å². The zero-order valence-corrected chi connectivity index (χ0v) is 41.7. The zero-order chi connectivity index (χ0) is 52.8. The van der Waals surface area contributed by atoms with Gasteiger partial charge in [-0.15, -0.1) is 0 Å². The topological polar surface area (TPSA) is 33.6 Å². The highest BCUT2D eigenvalue weighted by molar-refractivity contribution is 6.14. The molecule has 2 heterocycles. The Morgan fingerprint density at radius 3 is 0.842 bits per heavy atom. The molecule has 0 aliphatic heterocycles. The number of hydrogen-bond acceptors (Lipinski definition) is 1. The lowest BCUT2D eigenvalue weighted by Crippen LogP contribution is -2.15. The van der Waals surface area contributed by atoms with E-state index in [1.807, 2.05) is 182 Å². The second kappa shape index (κ2) is 18.1. The second-order valence-electron chi connectivity index (χ2n) is 19.8. The SMILES string of the molecule is Cc1ccc(-c2ccc3c(c2)c2cc(-c4ccc(C)cc4)ccc2n3-c2cc(-c3c(C(F)(F)F)cccc3C(F)(F)F)cc(-n3c4ccc(-c5ccc(C)cc5)cc4c4cc(-c5ccc(C)cc5)ccc43)c2C#N)cc1. The van der Waals surface area contributed by atoms with E-state index >= 15 is 26.3 Å². The van der Waals surface area contributed by atoms with Crippen LogP contribution in [0.1, 0.15) is 38.9 Å². The molecule has 0 saturated carbocycles. The van der Waals surface area contributed by atoms with E-state index in [9.17, 15) is 5.26 Å². The van der Waals surface area contributed by atoms with Gasteiger partial charge in [0, 0.05) is 27.1 Å². The molecule has 0 aliphatic carbocycles. The number of aromatic nitrogens is 2. The Labute approximate surface area is 434 Å². The van der Waals surface area contributed by atoms with E-state index in [4.69, 9.17) is 0 Å². The second-order valence-corrected chi connectivity index (χ2v) is 19.8. The van der Waals surface area contributed by atoms with Gasteiger partial charge in [-0.1, -0.05) is 150 Å². The molecule has 0 atom stereocenters. The van der Waals surface area contributed by atoms with E-state index in [-0.39, 0.29) is 22.5 Å². The van der Waals surface area contributed by atoms with Gasteiger partial charge in [-0.3, -0.25) is 0 Å². The fourth-order valence-electron chi connectivity index (χ4n) is 10.8. The summed E-state index contributed by atoms with van der Waals surface area (Å²) in [6, 6.07) is 63.4. The number of rotatable bonds is 7. The van der Waals surface area contributed by atoms with Crippen LogP contribution in [0.4, 0.5) is 26.3 Å². The van der Waals surface area contributed by atoms with Crippen LogP contribution < -0.4 is 0 Å². The molecule has 10 aromatic carbocycles. The van der Waals surface area contributed by atoms with Crippen LogP contribution >= 0.6 is 0 Å². The van der Waals surface area contributed by atoms with Crippen LogP contribution in [-0.2, 0) is 12.4 Å². The molecule has 0 aliphatic rings. The maximum absolute atomic E-state index is 15.4. The molecular weight excluding hydrogens is 961 g/mol. The molecule has 0 unspecified atom stereocenters. The molecule has 370 valence electrons. The average molecular weight is 1010 g/mol. The Hall–Kier alpha value is -9.13. The third-order valence-corrected chi connectivity index (χ3v) is 14.7. The van der Waals surface area contributed by atoms with Crippen LogP contribution in [0.5, 0.6) is 0 Å². The summed E-state index contributed by atoms with van der Waals surface area (Å²) in [5.74, 6) is 0. The first-order chi connectivity index (χ1) is 36.5. The monoisotopic (exact) mass is 1010 g/mol. The van der Waals surface area contributed by atoms with Crippen LogP contribution in [0.25, 0.3) is 111 Å². The lowest BCUT2D eigenvalue weighted by atomic mass is 9.91. The predicted molar refractivity (Wildman–Crippen MR) is 296 cm³/mol. The van der Waals surface area contributed by atoms with Crippen molar-refractivity contribution in [3.8, 4) is 73.1 Å². The van der Waals surface area contributed by atoms with Gasteiger partial charge in [0.1, 0.15) is 11.6 Å². The molecule has 12 aromatic rings. The summed E-state index contributed by atoms with van der Waals surface area (Å²) in [5, 5.41) is 14.8. The number of nitrogens with zero attached hydrogens (tertiary/aromatic N) is 3. The van der Waals surface area contributed by atoms with Crippen LogP contribution in [0.2, 0.25) is 0 Å². The minimum absolute atomic E-state index is 0.0369. The number of alkyl halides is 6. The van der Waals surface area contributed by atoms with Crippen molar-refractivity contribution in [3.05, 3.63) is 239 Å². The molecule has 0 saturated heterocycles. The van der Waals surface area contributed by atoms with Crippen molar-refractivity contribution in [2.45, 2.75) is 40.0 Å². The number of aryl methyl sites for hydroxylation is 4. The van der Waals surface area contributed by atoms with Gasteiger partial charge in [0.15, 0.2) is 0 Å². The number of fused-ring (bicyclic) bond motifs is 6. The molecule has 12 rings (SSSR count). The van der Waals surface area contributed by atoms with Crippen LogP contribution in [0.3, 0.4) is 0 Å². The Bertz CT molecular complexity index is 3850. The zero-order valence-electron chi connectivity index (χ0n) is 41.7. The largest absolute Gasteiger partial charge is 0.417 e. The van der Waals surface area contributed by atoms with Crippen LogP contribution in [0, 0.1) is 39.0 Å². The highest BCUT2D eigenvalue weighted by atomic mass is 19.4. The smallest absolute Gasteiger partial charge is 0.308 e. The maximum atomic E-state index is 15.4.